The lowest BCUT2D eigenvalue weighted by molar-refractivity contribution is 0.415. The van der Waals surface area contributed by atoms with Gasteiger partial charge in [0.15, 0.2) is 0 Å². The Bertz CT molecular complexity index is 573. The molecule has 0 aliphatic rings. The van der Waals surface area contributed by atoms with Gasteiger partial charge in [-0.2, -0.15) is 5.10 Å². The van der Waals surface area contributed by atoms with Gasteiger partial charge in [0.05, 0.1) is 24.7 Å². The van der Waals surface area contributed by atoms with Gasteiger partial charge in [0.25, 0.3) is 5.56 Å². The Labute approximate surface area is 93.5 Å². The lowest BCUT2D eigenvalue weighted by Gasteiger charge is -2.09. The zero-order valence-electron chi connectivity index (χ0n) is 9.60. The molecule has 0 spiro atoms. The second-order valence-corrected chi connectivity index (χ2v) is 3.94. The van der Waals surface area contributed by atoms with Gasteiger partial charge in [-0.05, 0) is 32.0 Å². The van der Waals surface area contributed by atoms with Crippen LogP contribution >= 0.6 is 0 Å². The molecule has 16 heavy (non-hydrogen) atoms. The average molecular weight is 218 g/mol. The maximum Gasteiger partial charge on any atom is 0.275 e. The number of fused-ring (bicyclic) bond motifs is 1. The van der Waals surface area contributed by atoms with E-state index < -0.39 is 0 Å². The van der Waals surface area contributed by atoms with Crippen LogP contribution in [0.25, 0.3) is 10.8 Å². The van der Waals surface area contributed by atoms with Gasteiger partial charge in [-0.1, -0.05) is 0 Å². The molecule has 0 aliphatic carbocycles. The van der Waals surface area contributed by atoms with Crippen LogP contribution in [0, 0.1) is 0 Å². The predicted molar refractivity (Wildman–Crippen MR) is 62.9 cm³/mol. The third-order valence-corrected chi connectivity index (χ3v) is 2.51. The zero-order chi connectivity index (χ0) is 11.7. The summed E-state index contributed by atoms with van der Waals surface area (Å²) in [5.41, 5.74) is -0.0774. The van der Waals surface area contributed by atoms with Crippen molar-refractivity contribution in [2.24, 2.45) is 0 Å². The molecule has 0 bridgehead atoms. The summed E-state index contributed by atoms with van der Waals surface area (Å²) < 4.78 is 6.58. The first kappa shape index (κ1) is 10.7. The summed E-state index contributed by atoms with van der Waals surface area (Å²) in [5, 5.41) is 5.60. The van der Waals surface area contributed by atoms with Crippen molar-refractivity contribution in [3.63, 3.8) is 0 Å². The summed E-state index contributed by atoms with van der Waals surface area (Å²) in [4.78, 5) is 12.1. The van der Waals surface area contributed by atoms with Gasteiger partial charge in [-0.3, -0.25) is 4.79 Å². The standard InChI is InChI=1S/C12H14N2O2/c1-8(2)14-12(15)11-6-10(16-3)5-4-9(11)7-13-14/h4-8H,1-3H3. The van der Waals surface area contributed by atoms with Crippen molar-refractivity contribution in [1.29, 1.82) is 0 Å². The molecule has 4 nitrogen and oxygen atoms in total. The first-order chi connectivity index (χ1) is 7.63. The summed E-state index contributed by atoms with van der Waals surface area (Å²) in [6.07, 6.45) is 1.70. The Kier molecular flexibility index (Phi) is 2.64. The van der Waals surface area contributed by atoms with E-state index in [0.29, 0.717) is 11.1 Å². The third kappa shape index (κ3) is 1.66. The molecule has 84 valence electrons. The van der Waals surface area contributed by atoms with E-state index in [9.17, 15) is 4.79 Å². The van der Waals surface area contributed by atoms with Gasteiger partial charge in [0, 0.05) is 5.39 Å². The number of nitrogens with zero attached hydrogens (tertiary/aromatic N) is 2. The maximum atomic E-state index is 12.1. The van der Waals surface area contributed by atoms with Gasteiger partial charge >= 0.3 is 0 Å². The summed E-state index contributed by atoms with van der Waals surface area (Å²) in [7, 11) is 1.59. The van der Waals surface area contributed by atoms with Crippen molar-refractivity contribution >= 4 is 10.8 Å². The fraction of sp³-hybridized carbons (Fsp3) is 0.333. The number of hydrogen-bond donors (Lipinski definition) is 0. The Morgan fingerprint density at radius 1 is 1.38 bits per heavy atom. The molecule has 1 aromatic heterocycles. The first-order valence-corrected chi connectivity index (χ1v) is 5.19. The Balaban J connectivity index is 2.76. The smallest absolute Gasteiger partial charge is 0.275 e. The number of methoxy groups -OCH3 is 1. The average Bonchev–Trinajstić information content (AvgIpc) is 2.28. The van der Waals surface area contributed by atoms with Crippen molar-refractivity contribution in [1.82, 2.24) is 9.78 Å². The van der Waals surface area contributed by atoms with E-state index in [0.717, 1.165) is 5.39 Å². The lowest BCUT2D eigenvalue weighted by Crippen LogP contribution is -2.24. The predicted octanol–water partition coefficient (Wildman–Crippen LogP) is 1.99. The molecule has 0 saturated heterocycles. The van der Waals surface area contributed by atoms with Crippen LogP contribution in [0.1, 0.15) is 19.9 Å². The molecule has 0 N–H and O–H groups in total. The fourth-order valence-electron chi connectivity index (χ4n) is 1.63. The number of benzene rings is 1. The minimum Gasteiger partial charge on any atom is -0.497 e. The molecule has 2 rings (SSSR count). The van der Waals surface area contributed by atoms with Crippen molar-refractivity contribution in [2.45, 2.75) is 19.9 Å². The third-order valence-electron chi connectivity index (χ3n) is 2.51. The molecule has 1 heterocycles. The van der Waals surface area contributed by atoms with Crippen LogP contribution in [0.5, 0.6) is 5.75 Å². The highest BCUT2D eigenvalue weighted by molar-refractivity contribution is 5.82. The SMILES string of the molecule is COc1ccc2cnn(C(C)C)c(=O)c2c1. The summed E-state index contributed by atoms with van der Waals surface area (Å²) in [6, 6.07) is 5.47. The molecule has 0 amide bonds. The van der Waals surface area contributed by atoms with Crippen molar-refractivity contribution < 1.29 is 4.74 Å². The maximum absolute atomic E-state index is 12.1. The normalized spacial score (nSPS) is 11.0. The molecule has 0 atom stereocenters. The monoisotopic (exact) mass is 218 g/mol. The Morgan fingerprint density at radius 3 is 2.75 bits per heavy atom. The van der Waals surface area contributed by atoms with Gasteiger partial charge in [0.1, 0.15) is 5.75 Å². The van der Waals surface area contributed by atoms with E-state index in [1.165, 1.54) is 4.68 Å². The molecule has 0 saturated carbocycles. The molecule has 4 heteroatoms. The number of rotatable bonds is 2. The zero-order valence-corrected chi connectivity index (χ0v) is 9.60. The van der Waals surface area contributed by atoms with Crippen LogP contribution in [0.3, 0.4) is 0 Å². The first-order valence-electron chi connectivity index (χ1n) is 5.19. The van der Waals surface area contributed by atoms with E-state index in [-0.39, 0.29) is 11.6 Å². The van der Waals surface area contributed by atoms with E-state index in [1.54, 1.807) is 19.4 Å². The molecular weight excluding hydrogens is 204 g/mol. The largest absolute Gasteiger partial charge is 0.497 e. The summed E-state index contributed by atoms with van der Waals surface area (Å²) >= 11 is 0. The Morgan fingerprint density at radius 2 is 2.12 bits per heavy atom. The number of aromatic nitrogens is 2. The van der Waals surface area contributed by atoms with E-state index in [4.69, 9.17) is 4.74 Å². The van der Waals surface area contributed by atoms with Crippen LogP contribution in [-0.4, -0.2) is 16.9 Å². The van der Waals surface area contributed by atoms with Crippen molar-refractivity contribution in [3.8, 4) is 5.75 Å². The van der Waals surface area contributed by atoms with Crippen molar-refractivity contribution in [2.75, 3.05) is 7.11 Å². The molecule has 2 aromatic rings. The fourth-order valence-corrected chi connectivity index (χ4v) is 1.63. The molecule has 0 unspecified atom stereocenters. The minimum absolute atomic E-state index is 0.0584. The molecule has 0 fully saturated rings. The minimum atomic E-state index is -0.0774. The van der Waals surface area contributed by atoms with Gasteiger partial charge < -0.3 is 4.74 Å². The second-order valence-electron chi connectivity index (χ2n) is 3.94. The number of hydrogen-bond acceptors (Lipinski definition) is 3. The van der Waals surface area contributed by atoms with Crippen LogP contribution in [0.15, 0.2) is 29.2 Å². The highest BCUT2D eigenvalue weighted by Gasteiger charge is 2.07. The molecule has 0 aliphatic heterocycles. The van der Waals surface area contributed by atoms with Crippen LogP contribution < -0.4 is 10.3 Å². The Hall–Kier alpha value is -1.84. The number of ether oxygens (including phenoxy) is 1. The molecular formula is C12H14N2O2. The quantitative estimate of drug-likeness (QED) is 0.774. The van der Waals surface area contributed by atoms with Crippen molar-refractivity contribution in [3.05, 3.63) is 34.7 Å². The van der Waals surface area contributed by atoms with Gasteiger partial charge in [0.2, 0.25) is 0 Å². The van der Waals surface area contributed by atoms with Crippen LogP contribution in [0.4, 0.5) is 0 Å². The topological polar surface area (TPSA) is 44.1 Å². The molecule has 1 aromatic carbocycles. The summed E-state index contributed by atoms with van der Waals surface area (Å²) in [6.45, 7) is 3.86. The highest BCUT2D eigenvalue weighted by Crippen LogP contribution is 2.17. The van der Waals surface area contributed by atoms with E-state index in [2.05, 4.69) is 5.10 Å². The van der Waals surface area contributed by atoms with E-state index in [1.807, 2.05) is 26.0 Å². The lowest BCUT2D eigenvalue weighted by atomic mass is 10.2. The van der Waals surface area contributed by atoms with Crippen LogP contribution in [0.2, 0.25) is 0 Å². The summed E-state index contributed by atoms with van der Waals surface area (Å²) in [5.74, 6) is 0.686. The van der Waals surface area contributed by atoms with Crippen LogP contribution in [-0.2, 0) is 0 Å². The highest BCUT2D eigenvalue weighted by atomic mass is 16.5. The molecule has 0 radical (unpaired) electrons. The van der Waals surface area contributed by atoms with Gasteiger partial charge in [-0.15, -0.1) is 0 Å². The van der Waals surface area contributed by atoms with Gasteiger partial charge in [-0.25, -0.2) is 4.68 Å². The second kappa shape index (κ2) is 3.96. The van der Waals surface area contributed by atoms with E-state index >= 15 is 0 Å².